The first kappa shape index (κ1) is 23.6. The molecule has 0 saturated carbocycles. The first-order chi connectivity index (χ1) is 16.8. The van der Waals surface area contributed by atoms with E-state index in [4.69, 9.17) is 4.52 Å². The molecule has 0 spiro atoms. The Hall–Kier alpha value is -4.54. The van der Waals surface area contributed by atoms with Crippen LogP contribution in [0, 0.1) is 6.92 Å². The highest BCUT2D eigenvalue weighted by molar-refractivity contribution is 5.89. The summed E-state index contributed by atoms with van der Waals surface area (Å²) < 4.78 is 7.04. The second-order valence-electron chi connectivity index (χ2n) is 8.03. The maximum Gasteiger partial charge on any atom is 0.351 e. The Morgan fingerprint density at radius 2 is 1.80 bits per heavy atom. The van der Waals surface area contributed by atoms with Gasteiger partial charge in [-0.15, -0.1) is 0 Å². The van der Waals surface area contributed by atoms with Crippen LogP contribution in [0.25, 0.3) is 17.2 Å². The number of amides is 1. The number of benzene rings is 2. The molecule has 4 rings (SSSR count). The second-order valence-corrected chi connectivity index (χ2v) is 8.03. The van der Waals surface area contributed by atoms with Crippen molar-refractivity contribution in [2.24, 2.45) is 7.05 Å². The number of anilines is 1. The zero-order valence-electron chi connectivity index (χ0n) is 19.6. The summed E-state index contributed by atoms with van der Waals surface area (Å²) in [5, 5.41) is 10.6. The number of hydrogen-bond donors (Lipinski definition) is 1. The molecule has 0 aliphatic rings. The number of nitrogens with one attached hydrogen (secondary N) is 1. The molecule has 2 aromatic carbocycles. The van der Waals surface area contributed by atoms with Gasteiger partial charge < -0.3 is 14.7 Å². The molecule has 0 unspecified atom stereocenters. The van der Waals surface area contributed by atoms with E-state index in [1.165, 1.54) is 7.05 Å². The molecule has 0 saturated heterocycles. The van der Waals surface area contributed by atoms with E-state index in [2.05, 4.69) is 25.5 Å². The van der Waals surface area contributed by atoms with Gasteiger partial charge in [0.05, 0.1) is 5.69 Å². The van der Waals surface area contributed by atoms with Crippen LogP contribution in [0.4, 0.5) is 5.69 Å². The van der Waals surface area contributed by atoms with E-state index in [1.54, 1.807) is 12.1 Å². The van der Waals surface area contributed by atoms with Gasteiger partial charge in [-0.05, 0) is 37.6 Å². The highest BCUT2D eigenvalue weighted by atomic mass is 16.5. The molecule has 11 heteroatoms. The molecule has 0 atom stereocenters. The first-order valence-corrected chi connectivity index (χ1v) is 11.0. The van der Waals surface area contributed by atoms with Crippen molar-refractivity contribution in [3.63, 3.8) is 0 Å². The third kappa shape index (κ3) is 5.18. The smallest absolute Gasteiger partial charge is 0.351 e. The molecule has 0 aliphatic carbocycles. The molecule has 0 aliphatic heterocycles. The zero-order chi connectivity index (χ0) is 24.9. The average molecular weight is 476 g/mol. The van der Waals surface area contributed by atoms with E-state index < -0.39 is 17.2 Å². The van der Waals surface area contributed by atoms with Crippen LogP contribution in [-0.2, 0) is 7.05 Å². The third-order valence-corrected chi connectivity index (χ3v) is 5.44. The highest BCUT2D eigenvalue weighted by Gasteiger charge is 2.21. The zero-order valence-corrected chi connectivity index (χ0v) is 19.6. The van der Waals surface area contributed by atoms with E-state index >= 15 is 0 Å². The van der Waals surface area contributed by atoms with Crippen molar-refractivity contribution < 1.29 is 9.32 Å². The van der Waals surface area contributed by atoms with Crippen molar-refractivity contribution in [2.75, 3.05) is 25.0 Å². The Balaban J connectivity index is 1.46. The molecule has 0 fully saturated rings. The van der Waals surface area contributed by atoms with Crippen molar-refractivity contribution in [1.29, 1.82) is 0 Å². The van der Waals surface area contributed by atoms with Gasteiger partial charge in [-0.3, -0.25) is 14.2 Å². The average Bonchev–Trinajstić information content (AvgIpc) is 3.36. The minimum atomic E-state index is -0.699. The number of aryl methyl sites for hydroxylation is 1. The van der Waals surface area contributed by atoms with Crippen molar-refractivity contribution >= 4 is 11.6 Å². The largest absolute Gasteiger partial charge is 0.375 e. The fourth-order valence-electron chi connectivity index (χ4n) is 3.39. The molecule has 180 valence electrons. The SMILES string of the molecule is Cc1ccc(-n2nc(-c3noc(C(=O)NCCCN(C)c4ccccc4)n3)c(=O)n(C)c2=O)cc1. The quantitative estimate of drug-likeness (QED) is 0.380. The predicted molar refractivity (Wildman–Crippen MR) is 130 cm³/mol. The van der Waals surface area contributed by atoms with Crippen LogP contribution in [0.15, 0.2) is 68.7 Å². The standard InChI is InChI=1S/C24H25N7O4/c1-16-10-12-18(13-11-16)31-24(34)30(3)23(33)19(27-31)20-26-22(35-28-20)21(32)25-14-7-15-29(2)17-8-5-4-6-9-17/h4-6,8-13H,7,14-15H2,1-3H3,(H,25,32). The number of aromatic nitrogens is 5. The molecule has 2 aromatic heterocycles. The number of rotatable bonds is 8. The number of nitrogens with zero attached hydrogens (tertiary/aromatic N) is 6. The van der Waals surface area contributed by atoms with Crippen molar-refractivity contribution in [3.05, 3.63) is 86.9 Å². The molecule has 0 bridgehead atoms. The summed E-state index contributed by atoms with van der Waals surface area (Å²) in [6.45, 7) is 3.05. The topological polar surface area (TPSA) is 128 Å². The van der Waals surface area contributed by atoms with Crippen LogP contribution < -0.4 is 21.5 Å². The van der Waals surface area contributed by atoms with Crippen LogP contribution in [-0.4, -0.2) is 50.5 Å². The molecule has 35 heavy (non-hydrogen) atoms. The van der Waals surface area contributed by atoms with E-state index in [0.29, 0.717) is 18.7 Å². The van der Waals surface area contributed by atoms with Gasteiger partial charge in [-0.25, -0.2) is 4.79 Å². The Labute approximate surface area is 200 Å². The van der Waals surface area contributed by atoms with Crippen LogP contribution in [0.2, 0.25) is 0 Å². The van der Waals surface area contributed by atoms with Gasteiger partial charge in [0.15, 0.2) is 5.69 Å². The molecular formula is C24H25N7O4. The van der Waals surface area contributed by atoms with Gasteiger partial charge in [-0.2, -0.15) is 14.8 Å². The van der Waals surface area contributed by atoms with Crippen molar-refractivity contribution in [2.45, 2.75) is 13.3 Å². The summed E-state index contributed by atoms with van der Waals surface area (Å²) in [6.07, 6.45) is 0.696. The number of carbonyl (C=O) groups is 1. The lowest BCUT2D eigenvalue weighted by Gasteiger charge is -2.18. The summed E-state index contributed by atoms with van der Waals surface area (Å²) >= 11 is 0. The summed E-state index contributed by atoms with van der Waals surface area (Å²) in [5.41, 5.74) is 1.03. The van der Waals surface area contributed by atoms with Crippen LogP contribution in [0.5, 0.6) is 0 Å². The van der Waals surface area contributed by atoms with Gasteiger partial charge in [0, 0.05) is 32.9 Å². The summed E-state index contributed by atoms with van der Waals surface area (Å²) in [4.78, 5) is 43.8. The summed E-state index contributed by atoms with van der Waals surface area (Å²) in [5.74, 6) is -1.04. The maximum absolute atomic E-state index is 12.7. The monoisotopic (exact) mass is 475 g/mol. The van der Waals surface area contributed by atoms with E-state index in [-0.39, 0.29) is 17.4 Å². The summed E-state index contributed by atoms with van der Waals surface area (Å²) in [7, 11) is 3.31. The van der Waals surface area contributed by atoms with Gasteiger partial charge in [0.25, 0.3) is 5.56 Å². The molecule has 0 radical (unpaired) electrons. The fraction of sp³-hybridized carbons (Fsp3) is 0.250. The van der Waals surface area contributed by atoms with Gasteiger partial charge >= 0.3 is 17.5 Å². The van der Waals surface area contributed by atoms with Gasteiger partial charge in [-0.1, -0.05) is 41.1 Å². The Bertz CT molecular complexity index is 1440. The second kappa shape index (κ2) is 10.2. The third-order valence-electron chi connectivity index (χ3n) is 5.44. The van der Waals surface area contributed by atoms with Gasteiger partial charge in [0.2, 0.25) is 5.82 Å². The summed E-state index contributed by atoms with van der Waals surface area (Å²) in [6, 6.07) is 17.0. The molecule has 4 aromatic rings. The van der Waals surface area contributed by atoms with Gasteiger partial charge in [0.1, 0.15) is 0 Å². The molecule has 11 nitrogen and oxygen atoms in total. The van der Waals surface area contributed by atoms with E-state index in [0.717, 1.165) is 27.0 Å². The minimum Gasteiger partial charge on any atom is -0.375 e. The van der Waals surface area contributed by atoms with Crippen LogP contribution in [0.3, 0.4) is 0 Å². The maximum atomic E-state index is 12.7. The number of para-hydroxylation sites is 1. The van der Waals surface area contributed by atoms with E-state index in [1.807, 2.05) is 56.4 Å². The van der Waals surface area contributed by atoms with Crippen molar-refractivity contribution in [3.8, 4) is 17.2 Å². The van der Waals surface area contributed by atoms with Crippen LogP contribution >= 0.6 is 0 Å². The molecule has 1 N–H and O–H groups in total. The van der Waals surface area contributed by atoms with E-state index in [9.17, 15) is 14.4 Å². The lowest BCUT2D eigenvalue weighted by molar-refractivity contribution is 0.0909. The molecular weight excluding hydrogens is 450 g/mol. The lowest BCUT2D eigenvalue weighted by atomic mass is 10.2. The Kier molecular flexibility index (Phi) is 6.86. The lowest BCUT2D eigenvalue weighted by Crippen LogP contribution is -2.40. The molecule has 1 amide bonds. The number of hydrogen-bond acceptors (Lipinski definition) is 8. The van der Waals surface area contributed by atoms with Crippen LogP contribution in [0.1, 0.15) is 22.7 Å². The Morgan fingerprint density at radius 3 is 2.51 bits per heavy atom. The highest BCUT2D eigenvalue weighted by Crippen LogP contribution is 2.12. The first-order valence-electron chi connectivity index (χ1n) is 11.0. The predicted octanol–water partition coefficient (Wildman–Crippen LogP) is 1.55. The van der Waals surface area contributed by atoms with Crippen molar-refractivity contribution in [1.82, 2.24) is 29.8 Å². The number of carbonyl (C=O) groups excluding carboxylic acids is 1. The Morgan fingerprint density at radius 1 is 1.09 bits per heavy atom. The minimum absolute atomic E-state index is 0.180. The fourth-order valence-corrected chi connectivity index (χ4v) is 3.39. The normalized spacial score (nSPS) is 10.8. The molecule has 2 heterocycles.